The van der Waals surface area contributed by atoms with Crippen molar-refractivity contribution in [3.8, 4) is 44.5 Å². The molecule has 21 aromatic rings. The van der Waals surface area contributed by atoms with Crippen LogP contribution in [0.1, 0.15) is 0 Å². The zero-order valence-electron chi connectivity index (χ0n) is 70.1. The van der Waals surface area contributed by atoms with E-state index in [1.54, 1.807) is 0 Å². The van der Waals surface area contributed by atoms with Gasteiger partial charge in [0.25, 0.3) is 0 Å². The van der Waals surface area contributed by atoms with Gasteiger partial charge < -0.3 is 29.4 Å². The highest BCUT2D eigenvalue weighted by molar-refractivity contribution is 6.03. The van der Waals surface area contributed by atoms with Gasteiger partial charge in [-0.15, -0.1) is 0 Å². The van der Waals surface area contributed by atoms with Crippen LogP contribution in [0.3, 0.4) is 0 Å². The van der Waals surface area contributed by atoms with Crippen LogP contribution in [0, 0.1) is 0 Å². The molecule has 0 spiro atoms. The zero-order valence-corrected chi connectivity index (χ0v) is 70.1. The predicted molar refractivity (Wildman–Crippen MR) is 536 cm³/mol. The average molecular weight is 1610 g/mol. The molecule has 0 aliphatic carbocycles. The lowest BCUT2D eigenvalue weighted by Crippen LogP contribution is -2.10. The monoisotopic (exact) mass is 1600 g/mol. The lowest BCUT2D eigenvalue weighted by molar-refractivity contribution is 1.21. The summed E-state index contributed by atoms with van der Waals surface area (Å²) in [6, 6.07) is 180. The molecular formula is C119H92N6. The number of hydrogen-bond donors (Lipinski definition) is 0. The van der Waals surface area contributed by atoms with Crippen LogP contribution >= 0.6 is 0 Å². The summed E-state index contributed by atoms with van der Waals surface area (Å²) in [7, 11) is 6.38. The molecule has 0 aliphatic rings. The third-order valence-corrected chi connectivity index (χ3v) is 23.8. The number of benzene rings is 21. The Balaban J connectivity index is 0.000000123. The Bertz CT molecular complexity index is 7190. The first kappa shape index (κ1) is 78.6. The van der Waals surface area contributed by atoms with Crippen LogP contribution in [0.2, 0.25) is 0 Å². The molecule has 6 nitrogen and oxygen atoms in total. The average Bonchev–Trinajstić information content (AvgIpc) is 0.785. The van der Waals surface area contributed by atoms with Crippen LogP contribution in [0.5, 0.6) is 0 Å². The number of rotatable bonds is 19. The Morgan fingerprint density at radius 1 is 0.120 bits per heavy atom. The normalized spacial score (nSPS) is 11.0. The Hall–Kier alpha value is -16.3. The van der Waals surface area contributed by atoms with Crippen LogP contribution in [-0.4, -0.2) is 21.1 Å². The third kappa shape index (κ3) is 17.1. The van der Waals surface area contributed by atoms with E-state index in [1.807, 2.05) is 0 Å². The summed E-state index contributed by atoms with van der Waals surface area (Å²) < 4.78 is 0. The predicted octanol–water partition coefficient (Wildman–Crippen LogP) is 33.2. The van der Waals surface area contributed by atoms with Crippen molar-refractivity contribution in [2.45, 2.75) is 0 Å². The van der Waals surface area contributed by atoms with Crippen LogP contribution < -0.4 is 29.4 Å². The lowest BCUT2D eigenvalue weighted by atomic mass is 10.0. The van der Waals surface area contributed by atoms with Gasteiger partial charge in [-0.25, -0.2) is 0 Å². The largest absolute Gasteiger partial charge is 0.345 e. The maximum Gasteiger partial charge on any atom is 0.0540 e. The highest BCUT2D eigenvalue weighted by Crippen LogP contribution is 2.45. The van der Waals surface area contributed by atoms with Crippen molar-refractivity contribution < 1.29 is 0 Å². The first-order chi connectivity index (χ1) is 61.7. The van der Waals surface area contributed by atoms with Gasteiger partial charge in [0.1, 0.15) is 0 Å². The van der Waals surface area contributed by atoms with E-state index >= 15 is 0 Å². The Morgan fingerprint density at radius 2 is 0.320 bits per heavy atom. The molecule has 0 heterocycles. The number of nitrogens with zero attached hydrogens (tertiary/aromatic N) is 6. The molecule has 0 unspecified atom stereocenters. The molecule has 0 aromatic heterocycles. The number of para-hydroxylation sites is 3. The first-order valence-corrected chi connectivity index (χ1v) is 42.7. The smallest absolute Gasteiger partial charge is 0.0540 e. The molecule has 0 N–H and O–H groups in total. The van der Waals surface area contributed by atoms with Crippen molar-refractivity contribution in [1.29, 1.82) is 0 Å². The van der Waals surface area contributed by atoms with Crippen LogP contribution in [0.25, 0.3) is 98.4 Å². The lowest BCUT2D eigenvalue weighted by Gasteiger charge is -2.27. The Kier molecular flexibility index (Phi) is 22.8. The second-order valence-corrected chi connectivity index (χ2v) is 31.4. The van der Waals surface area contributed by atoms with Crippen LogP contribution in [0.4, 0.5) is 85.3 Å². The van der Waals surface area contributed by atoms with Gasteiger partial charge in [0.05, 0.1) is 17.1 Å². The van der Waals surface area contributed by atoms with Crippen molar-refractivity contribution in [3.05, 3.63) is 504 Å². The molecule has 6 heteroatoms. The van der Waals surface area contributed by atoms with Crippen molar-refractivity contribution in [2.24, 2.45) is 0 Å². The Labute approximate surface area is 732 Å². The van der Waals surface area contributed by atoms with E-state index in [9.17, 15) is 0 Å². The molecule has 0 amide bonds. The number of anilines is 15. The molecule has 0 atom stereocenters. The Morgan fingerprint density at radius 3 is 0.632 bits per heavy atom. The fourth-order valence-electron chi connectivity index (χ4n) is 17.1. The zero-order chi connectivity index (χ0) is 84.2. The minimum absolute atomic E-state index is 1.13. The van der Waals surface area contributed by atoms with Gasteiger partial charge in [-0.1, -0.05) is 346 Å². The fraction of sp³-hybridized carbons (Fsp3) is 0.0252. The van der Waals surface area contributed by atoms with Gasteiger partial charge in [0.15, 0.2) is 0 Å². The van der Waals surface area contributed by atoms with Crippen molar-refractivity contribution in [3.63, 3.8) is 0 Å². The molecule has 0 radical (unpaired) electrons. The van der Waals surface area contributed by atoms with E-state index in [0.29, 0.717) is 0 Å². The van der Waals surface area contributed by atoms with Gasteiger partial charge in [-0.3, -0.25) is 0 Å². The summed E-state index contributed by atoms with van der Waals surface area (Å²) in [4.78, 5) is 13.7. The summed E-state index contributed by atoms with van der Waals surface area (Å²) in [5.41, 5.74) is 26.9. The molecule has 0 aliphatic heterocycles. The minimum atomic E-state index is 1.13. The van der Waals surface area contributed by atoms with Gasteiger partial charge in [0.2, 0.25) is 0 Å². The number of fused-ring (bicyclic) bond motifs is 5. The summed E-state index contributed by atoms with van der Waals surface area (Å²) in [5.74, 6) is 0. The van der Waals surface area contributed by atoms with Crippen LogP contribution in [0.15, 0.2) is 504 Å². The van der Waals surface area contributed by atoms with Gasteiger partial charge >= 0.3 is 0 Å². The minimum Gasteiger partial charge on any atom is -0.345 e. The molecule has 0 fully saturated rings. The molecule has 0 saturated carbocycles. The third-order valence-electron chi connectivity index (χ3n) is 23.8. The van der Waals surface area contributed by atoms with E-state index in [1.165, 1.54) is 127 Å². The molecule has 125 heavy (non-hydrogen) atoms. The summed E-state index contributed by atoms with van der Waals surface area (Å²) >= 11 is 0. The highest BCUT2D eigenvalue weighted by Gasteiger charge is 2.21. The van der Waals surface area contributed by atoms with Crippen LogP contribution in [-0.2, 0) is 0 Å². The topological polar surface area (TPSA) is 19.4 Å². The molecule has 598 valence electrons. The standard InChI is InChI=1S/C41H32N2.2C39H30N2/c1-42(36-25-19-32(20-26-36)31-11-4-2-5-12-31)37-27-21-33(22-28-37)34-23-29-39(30-24-34)43(38-15-6-3-7-16-38)41-18-10-14-35-13-8-9-17-40(35)41;1-40(38-19-9-13-31-11-5-7-17-36(31)38)33-25-21-29(22-26-33)30-23-27-35(28-24-30)41(34-15-3-2-4-16-34)39-20-10-14-32-12-6-8-18-37(32)39;1-40(37-27-22-29-10-5-6-12-33(29)28-37)34-23-18-30(19-24-34)31-20-25-36(26-21-31)41(35-14-3-2-4-15-35)39-17-9-13-32-11-7-8-16-38(32)39/h2-30H,1H3;2*2-28H,1H3. The summed E-state index contributed by atoms with van der Waals surface area (Å²) in [6.07, 6.45) is 0. The fourth-order valence-corrected chi connectivity index (χ4v) is 17.1. The summed E-state index contributed by atoms with van der Waals surface area (Å²) in [6.45, 7) is 0. The van der Waals surface area contributed by atoms with E-state index in [2.05, 4.69) is 554 Å². The highest BCUT2D eigenvalue weighted by atomic mass is 15.2. The van der Waals surface area contributed by atoms with Crippen molar-refractivity contribution in [2.75, 3.05) is 50.5 Å². The molecule has 21 aromatic carbocycles. The first-order valence-electron chi connectivity index (χ1n) is 42.7. The van der Waals surface area contributed by atoms with E-state index in [-0.39, 0.29) is 0 Å². The maximum absolute atomic E-state index is 2.34. The SMILES string of the molecule is CN(c1ccc(-c2ccc(N(c3ccccc3)c3cccc4ccccc34)cc2)cc1)c1ccc2ccccc2c1.CN(c1ccc(-c2ccc(N(c3ccccc3)c3cccc4ccccc34)cc2)cc1)c1cccc2ccccc12.CN(c1ccc(-c2ccccc2)cc1)c1ccc(-c2ccc(N(c3ccccc3)c3cccc4ccccc34)cc2)cc1. The van der Waals surface area contributed by atoms with Gasteiger partial charge in [-0.05, 0) is 235 Å². The maximum atomic E-state index is 2.34. The quantitative estimate of drug-likeness (QED) is 0.0798. The van der Waals surface area contributed by atoms with Crippen molar-refractivity contribution >= 4 is 139 Å². The number of hydrogen-bond acceptors (Lipinski definition) is 6. The van der Waals surface area contributed by atoms with E-state index < -0.39 is 0 Å². The van der Waals surface area contributed by atoms with E-state index in [4.69, 9.17) is 0 Å². The molecular weight excluding hydrogens is 1510 g/mol. The van der Waals surface area contributed by atoms with Gasteiger partial charge in [0, 0.05) is 111 Å². The molecule has 21 rings (SSSR count). The molecule has 0 saturated heterocycles. The van der Waals surface area contributed by atoms with Gasteiger partial charge in [-0.2, -0.15) is 0 Å². The summed E-state index contributed by atoms with van der Waals surface area (Å²) in [5, 5.41) is 12.4. The second kappa shape index (κ2) is 36.3. The van der Waals surface area contributed by atoms with Crippen molar-refractivity contribution in [1.82, 2.24) is 0 Å². The van der Waals surface area contributed by atoms with E-state index in [0.717, 1.165) is 56.9 Å². The molecule has 0 bridgehead atoms. The second-order valence-electron chi connectivity index (χ2n) is 31.4.